The Morgan fingerprint density at radius 1 is 1.08 bits per heavy atom. The smallest absolute Gasteiger partial charge is 0.251 e. The largest absolute Gasteiger partial charge is 0.350 e. The van der Waals surface area contributed by atoms with Crippen LogP contribution < -0.4 is 5.32 Å². The lowest BCUT2D eigenvalue weighted by Crippen LogP contribution is -2.48. The summed E-state index contributed by atoms with van der Waals surface area (Å²) in [7, 11) is 2.12. The van der Waals surface area contributed by atoms with Crippen molar-refractivity contribution in [2.45, 2.75) is 6.04 Å². The highest BCUT2D eigenvalue weighted by Gasteiger charge is 2.24. The van der Waals surface area contributed by atoms with Crippen LogP contribution in [0.2, 0.25) is 5.02 Å². The van der Waals surface area contributed by atoms with Crippen molar-refractivity contribution >= 4 is 17.5 Å². The van der Waals surface area contributed by atoms with E-state index in [0.717, 1.165) is 31.7 Å². The zero-order valence-electron chi connectivity index (χ0n) is 14.8. The number of likely N-dealkylation sites (N-methyl/N-ethyl adjacent to an activating group) is 1. The van der Waals surface area contributed by atoms with Crippen LogP contribution in [0.1, 0.15) is 22.0 Å². The molecule has 2 aromatic rings. The Bertz CT molecular complexity index is 728. The predicted molar refractivity (Wildman–Crippen MR) is 102 cm³/mol. The summed E-state index contributed by atoms with van der Waals surface area (Å²) in [6, 6.07) is 13.4. The number of carbonyl (C=O) groups excluding carboxylic acids is 1. The number of halogens is 2. The van der Waals surface area contributed by atoms with Gasteiger partial charge in [-0.3, -0.25) is 9.69 Å². The zero-order valence-corrected chi connectivity index (χ0v) is 15.5. The molecule has 1 aliphatic rings. The van der Waals surface area contributed by atoms with Crippen molar-refractivity contribution in [3.05, 3.63) is 70.5 Å². The third-order valence-electron chi connectivity index (χ3n) is 4.80. The van der Waals surface area contributed by atoms with Gasteiger partial charge in [-0.05, 0) is 49.0 Å². The van der Waals surface area contributed by atoms with Crippen LogP contribution in [-0.4, -0.2) is 55.5 Å². The number of amides is 1. The Hall–Kier alpha value is -1.95. The molecule has 0 aromatic heterocycles. The summed E-state index contributed by atoms with van der Waals surface area (Å²) < 4.78 is 13.0. The first-order valence-corrected chi connectivity index (χ1v) is 9.12. The second-order valence-electron chi connectivity index (χ2n) is 6.62. The lowest BCUT2D eigenvalue weighted by atomic mass is 10.0. The van der Waals surface area contributed by atoms with E-state index in [4.69, 9.17) is 11.6 Å². The molecule has 1 heterocycles. The SMILES string of the molecule is CN1CCN([C@H](CNC(=O)c2ccc(F)cc2)c2ccc(Cl)cc2)CC1. The van der Waals surface area contributed by atoms with Gasteiger partial charge in [0.1, 0.15) is 5.82 Å². The van der Waals surface area contributed by atoms with Gasteiger partial charge in [0.25, 0.3) is 5.91 Å². The summed E-state index contributed by atoms with van der Waals surface area (Å²) in [6.45, 7) is 4.36. The van der Waals surface area contributed by atoms with E-state index in [-0.39, 0.29) is 17.8 Å². The van der Waals surface area contributed by atoms with Crippen molar-refractivity contribution in [1.29, 1.82) is 0 Å². The number of hydrogen-bond acceptors (Lipinski definition) is 3. The highest BCUT2D eigenvalue weighted by atomic mass is 35.5. The number of carbonyl (C=O) groups is 1. The molecule has 0 radical (unpaired) electrons. The molecule has 1 aliphatic heterocycles. The highest BCUT2D eigenvalue weighted by molar-refractivity contribution is 6.30. The lowest BCUT2D eigenvalue weighted by molar-refractivity contribution is 0.0886. The molecular weight excluding hydrogens is 353 g/mol. The van der Waals surface area contributed by atoms with E-state index in [0.29, 0.717) is 17.1 Å². The molecule has 4 nitrogen and oxygen atoms in total. The lowest BCUT2D eigenvalue weighted by Gasteiger charge is -2.38. The number of nitrogens with one attached hydrogen (secondary N) is 1. The fourth-order valence-corrected chi connectivity index (χ4v) is 3.29. The van der Waals surface area contributed by atoms with Crippen LogP contribution in [-0.2, 0) is 0 Å². The summed E-state index contributed by atoms with van der Waals surface area (Å²) >= 11 is 6.02. The third kappa shape index (κ3) is 4.81. The number of nitrogens with zero attached hydrogens (tertiary/aromatic N) is 2. The molecule has 1 N–H and O–H groups in total. The van der Waals surface area contributed by atoms with Crippen LogP contribution in [0.5, 0.6) is 0 Å². The molecular formula is C20H23ClFN3O. The molecule has 0 saturated carbocycles. The first kappa shape index (κ1) is 18.8. The topological polar surface area (TPSA) is 35.6 Å². The van der Waals surface area contributed by atoms with Crippen LogP contribution in [0.25, 0.3) is 0 Å². The summed E-state index contributed by atoms with van der Waals surface area (Å²) in [5.41, 5.74) is 1.58. The fraction of sp³-hybridized carbons (Fsp3) is 0.350. The molecule has 0 spiro atoms. The van der Waals surface area contributed by atoms with E-state index in [1.54, 1.807) is 0 Å². The second-order valence-corrected chi connectivity index (χ2v) is 7.06. The number of piperazine rings is 1. The van der Waals surface area contributed by atoms with E-state index in [1.165, 1.54) is 24.3 Å². The van der Waals surface area contributed by atoms with Gasteiger partial charge in [0.05, 0.1) is 6.04 Å². The number of hydrogen-bond donors (Lipinski definition) is 1. The molecule has 0 aliphatic carbocycles. The Kier molecular flexibility index (Phi) is 6.25. The molecule has 1 amide bonds. The molecule has 0 bridgehead atoms. The molecule has 0 unspecified atom stereocenters. The predicted octanol–water partition coefficient (Wildman–Crippen LogP) is 3.20. The van der Waals surface area contributed by atoms with Gasteiger partial charge in [-0.2, -0.15) is 0 Å². The van der Waals surface area contributed by atoms with Crippen LogP contribution in [0.4, 0.5) is 4.39 Å². The zero-order chi connectivity index (χ0) is 18.5. The van der Waals surface area contributed by atoms with Crippen molar-refractivity contribution in [2.75, 3.05) is 39.8 Å². The molecule has 3 rings (SSSR count). The highest BCUT2D eigenvalue weighted by Crippen LogP contribution is 2.23. The average Bonchev–Trinajstić information content (AvgIpc) is 2.65. The fourth-order valence-electron chi connectivity index (χ4n) is 3.17. The summed E-state index contributed by atoms with van der Waals surface area (Å²) in [6.07, 6.45) is 0. The first-order valence-electron chi connectivity index (χ1n) is 8.75. The minimum Gasteiger partial charge on any atom is -0.350 e. The van der Waals surface area contributed by atoms with Crippen molar-refractivity contribution < 1.29 is 9.18 Å². The van der Waals surface area contributed by atoms with Gasteiger partial charge in [0.15, 0.2) is 0 Å². The average molecular weight is 376 g/mol. The summed E-state index contributed by atoms with van der Waals surface area (Å²) in [4.78, 5) is 17.1. The Labute approximate surface area is 158 Å². The maximum atomic E-state index is 13.0. The maximum absolute atomic E-state index is 13.0. The molecule has 138 valence electrons. The van der Waals surface area contributed by atoms with Gasteiger partial charge in [-0.25, -0.2) is 4.39 Å². The summed E-state index contributed by atoms with van der Waals surface area (Å²) in [5.74, 6) is -0.545. The van der Waals surface area contributed by atoms with E-state index in [1.807, 2.05) is 24.3 Å². The minimum absolute atomic E-state index is 0.0744. The van der Waals surface area contributed by atoms with Gasteiger partial charge in [-0.1, -0.05) is 23.7 Å². The first-order chi connectivity index (χ1) is 12.5. The number of rotatable bonds is 5. The van der Waals surface area contributed by atoms with E-state index in [2.05, 4.69) is 22.2 Å². The van der Waals surface area contributed by atoms with Gasteiger partial charge < -0.3 is 10.2 Å². The van der Waals surface area contributed by atoms with Crippen molar-refractivity contribution in [3.63, 3.8) is 0 Å². The van der Waals surface area contributed by atoms with Gasteiger partial charge in [0, 0.05) is 43.3 Å². The molecule has 26 heavy (non-hydrogen) atoms. The van der Waals surface area contributed by atoms with Crippen LogP contribution >= 0.6 is 11.6 Å². The second kappa shape index (κ2) is 8.62. The Balaban J connectivity index is 1.71. The van der Waals surface area contributed by atoms with E-state index in [9.17, 15) is 9.18 Å². The van der Waals surface area contributed by atoms with E-state index >= 15 is 0 Å². The normalized spacial score (nSPS) is 17.0. The third-order valence-corrected chi connectivity index (χ3v) is 5.05. The Morgan fingerprint density at radius 2 is 1.69 bits per heavy atom. The van der Waals surface area contributed by atoms with Gasteiger partial charge in [-0.15, -0.1) is 0 Å². The molecule has 1 atom stereocenters. The maximum Gasteiger partial charge on any atom is 0.251 e. The minimum atomic E-state index is -0.349. The van der Waals surface area contributed by atoms with Gasteiger partial charge >= 0.3 is 0 Å². The summed E-state index contributed by atoms with van der Waals surface area (Å²) in [5, 5.41) is 3.69. The quantitative estimate of drug-likeness (QED) is 0.871. The van der Waals surface area contributed by atoms with Crippen LogP contribution in [0, 0.1) is 5.82 Å². The van der Waals surface area contributed by atoms with Crippen molar-refractivity contribution in [3.8, 4) is 0 Å². The van der Waals surface area contributed by atoms with Gasteiger partial charge in [0.2, 0.25) is 0 Å². The van der Waals surface area contributed by atoms with Crippen LogP contribution in [0.3, 0.4) is 0 Å². The molecule has 6 heteroatoms. The molecule has 1 fully saturated rings. The van der Waals surface area contributed by atoms with Crippen molar-refractivity contribution in [2.24, 2.45) is 0 Å². The van der Waals surface area contributed by atoms with Crippen LogP contribution in [0.15, 0.2) is 48.5 Å². The standard InChI is InChI=1S/C20H23ClFN3O/c1-24-10-12-25(13-11-24)19(15-2-6-17(21)7-3-15)14-23-20(26)16-4-8-18(22)9-5-16/h2-9,19H,10-14H2,1H3,(H,23,26)/t19-/m1/s1. The monoisotopic (exact) mass is 375 g/mol. The van der Waals surface area contributed by atoms with Crippen molar-refractivity contribution in [1.82, 2.24) is 15.1 Å². The Morgan fingerprint density at radius 3 is 2.31 bits per heavy atom. The van der Waals surface area contributed by atoms with E-state index < -0.39 is 0 Å². The number of benzene rings is 2. The molecule has 2 aromatic carbocycles. The molecule has 1 saturated heterocycles.